The quantitative estimate of drug-likeness (QED) is 0.494. The van der Waals surface area contributed by atoms with Gasteiger partial charge in [0.25, 0.3) is 0 Å². The van der Waals surface area contributed by atoms with Crippen molar-refractivity contribution in [3.8, 4) is 0 Å². The van der Waals surface area contributed by atoms with Gasteiger partial charge in [0.1, 0.15) is 0 Å². The van der Waals surface area contributed by atoms with Crippen molar-refractivity contribution in [2.24, 2.45) is 0 Å². The summed E-state index contributed by atoms with van der Waals surface area (Å²) < 4.78 is 5.32. The molecule has 0 heterocycles. The first-order valence-corrected chi connectivity index (χ1v) is 9.60. The standard InChI is InChI=1S/C19H28O2S/c1-3-21-13-14-22-15(2)19(20)18-11-9-17(10-12-18)16-7-5-4-6-8-16/h9-12,15-16H,3-8,13-14H2,1-2H3. The second-order valence-corrected chi connectivity index (χ2v) is 7.48. The van der Waals surface area contributed by atoms with Crippen molar-refractivity contribution in [1.82, 2.24) is 0 Å². The maximum Gasteiger partial charge on any atom is 0.175 e. The summed E-state index contributed by atoms with van der Waals surface area (Å²) in [5.74, 6) is 1.81. The molecular weight excluding hydrogens is 292 g/mol. The number of carbonyl (C=O) groups is 1. The molecule has 0 bridgehead atoms. The largest absolute Gasteiger partial charge is 0.381 e. The van der Waals surface area contributed by atoms with Crippen LogP contribution in [-0.2, 0) is 4.74 Å². The van der Waals surface area contributed by atoms with Gasteiger partial charge in [0.05, 0.1) is 11.9 Å². The van der Waals surface area contributed by atoms with E-state index < -0.39 is 0 Å². The lowest BCUT2D eigenvalue weighted by Crippen LogP contribution is -2.15. The van der Waals surface area contributed by atoms with Crippen LogP contribution in [0.4, 0.5) is 0 Å². The van der Waals surface area contributed by atoms with Crippen LogP contribution in [-0.4, -0.2) is 30.0 Å². The lowest BCUT2D eigenvalue weighted by atomic mass is 9.84. The zero-order valence-corrected chi connectivity index (χ0v) is 14.7. The average Bonchev–Trinajstić information content (AvgIpc) is 2.59. The summed E-state index contributed by atoms with van der Waals surface area (Å²) in [7, 11) is 0. The molecule has 22 heavy (non-hydrogen) atoms. The maximum atomic E-state index is 12.4. The molecule has 2 rings (SSSR count). The molecule has 0 amide bonds. The van der Waals surface area contributed by atoms with Gasteiger partial charge in [-0.25, -0.2) is 0 Å². The number of Topliss-reactive ketones (excluding diaryl/α,β-unsaturated/α-hetero) is 1. The van der Waals surface area contributed by atoms with E-state index in [0.717, 1.165) is 24.5 Å². The molecular formula is C19H28O2S. The summed E-state index contributed by atoms with van der Waals surface area (Å²) >= 11 is 1.68. The minimum Gasteiger partial charge on any atom is -0.381 e. The van der Waals surface area contributed by atoms with E-state index in [1.54, 1.807) is 11.8 Å². The number of thioether (sulfide) groups is 1. The molecule has 1 aliphatic rings. The van der Waals surface area contributed by atoms with Crippen molar-refractivity contribution in [1.29, 1.82) is 0 Å². The van der Waals surface area contributed by atoms with Gasteiger partial charge in [0.15, 0.2) is 5.78 Å². The first kappa shape index (κ1) is 17.6. The number of rotatable bonds is 8. The number of ketones is 1. The highest BCUT2D eigenvalue weighted by atomic mass is 32.2. The van der Waals surface area contributed by atoms with Crippen LogP contribution in [0.25, 0.3) is 0 Å². The molecule has 1 fully saturated rings. The van der Waals surface area contributed by atoms with Gasteiger partial charge in [0, 0.05) is 17.9 Å². The molecule has 1 atom stereocenters. The molecule has 0 spiro atoms. The second kappa shape index (κ2) is 9.36. The Labute approximate surface area is 139 Å². The van der Waals surface area contributed by atoms with E-state index in [4.69, 9.17) is 4.74 Å². The third kappa shape index (κ3) is 5.13. The second-order valence-electron chi connectivity index (χ2n) is 6.03. The van der Waals surface area contributed by atoms with E-state index in [9.17, 15) is 4.79 Å². The topological polar surface area (TPSA) is 26.3 Å². The highest BCUT2D eigenvalue weighted by Gasteiger charge is 2.18. The smallest absolute Gasteiger partial charge is 0.175 e. The average molecular weight is 320 g/mol. The van der Waals surface area contributed by atoms with Gasteiger partial charge in [-0.15, -0.1) is 11.8 Å². The highest BCUT2D eigenvalue weighted by Crippen LogP contribution is 2.32. The van der Waals surface area contributed by atoms with Crippen LogP contribution in [0, 0.1) is 0 Å². The fraction of sp³-hybridized carbons (Fsp3) is 0.632. The molecule has 1 aromatic rings. The predicted octanol–water partition coefficient (Wildman–Crippen LogP) is 5.08. The molecule has 3 heteroatoms. The summed E-state index contributed by atoms with van der Waals surface area (Å²) in [6.45, 7) is 5.45. The summed E-state index contributed by atoms with van der Waals surface area (Å²) in [4.78, 5) is 12.4. The SMILES string of the molecule is CCOCCSC(C)C(=O)c1ccc(C2CCCCC2)cc1. The number of benzene rings is 1. The van der Waals surface area contributed by atoms with Gasteiger partial charge in [-0.05, 0) is 38.2 Å². The van der Waals surface area contributed by atoms with Crippen molar-refractivity contribution in [2.45, 2.75) is 57.1 Å². The Morgan fingerprint density at radius 1 is 1.23 bits per heavy atom. The molecule has 1 unspecified atom stereocenters. The minimum absolute atomic E-state index is 0.000914. The van der Waals surface area contributed by atoms with Crippen molar-refractivity contribution < 1.29 is 9.53 Å². The van der Waals surface area contributed by atoms with Gasteiger partial charge in [0.2, 0.25) is 0 Å². The van der Waals surface area contributed by atoms with Crippen molar-refractivity contribution in [3.63, 3.8) is 0 Å². The Morgan fingerprint density at radius 3 is 2.55 bits per heavy atom. The predicted molar refractivity (Wildman–Crippen MR) is 95.0 cm³/mol. The van der Waals surface area contributed by atoms with Gasteiger partial charge in [-0.3, -0.25) is 4.79 Å². The van der Waals surface area contributed by atoms with E-state index in [2.05, 4.69) is 12.1 Å². The summed E-state index contributed by atoms with van der Waals surface area (Å²) in [5, 5.41) is 0.000914. The Hall–Kier alpha value is -0.800. The first-order chi connectivity index (χ1) is 10.7. The van der Waals surface area contributed by atoms with Crippen LogP contribution in [0.15, 0.2) is 24.3 Å². The molecule has 0 aliphatic heterocycles. The molecule has 0 aromatic heterocycles. The summed E-state index contributed by atoms with van der Waals surface area (Å²) in [6.07, 6.45) is 6.68. The first-order valence-electron chi connectivity index (χ1n) is 8.56. The van der Waals surface area contributed by atoms with E-state index in [-0.39, 0.29) is 11.0 Å². The van der Waals surface area contributed by atoms with Crippen LogP contribution in [0.1, 0.15) is 67.8 Å². The summed E-state index contributed by atoms with van der Waals surface area (Å²) in [6, 6.07) is 8.37. The van der Waals surface area contributed by atoms with E-state index >= 15 is 0 Å². The van der Waals surface area contributed by atoms with Crippen LogP contribution < -0.4 is 0 Å². The molecule has 0 saturated heterocycles. The Balaban J connectivity index is 1.87. The monoisotopic (exact) mass is 320 g/mol. The molecule has 2 nitrogen and oxygen atoms in total. The number of ether oxygens (including phenoxy) is 1. The highest BCUT2D eigenvalue weighted by molar-refractivity contribution is 8.00. The minimum atomic E-state index is 0.000914. The number of hydrogen-bond donors (Lipinski definition) is 0. The molecule has 122 valence electrons. The van der Waals surface area contributed by atoms with Gasteiger partial charge in [-0.2, -0.15) is 0 Å². The maximum absolute atomic E-state index is 12.4. The van der Waals surface area contributed by atoms with Gasteiger partial charge in [-0.1, -0.05) is 43.5 Å². The molecule has 1 aliphatic carbocycles. The molecule has 0 N–H and O–H groups in total. The van der Waals surface area contributed by atoms with Crippen LogP contribution in [0.3, 0.4) is 0 Å². The fourth-order valence-electron chi connectivity index (χ4n) is 3.09. The van der Waals surface area contributed by atoms with E-state index in [1.807, 2.05) is 26.0 Å². The fourth-order valence-corrected chi connectivity index (χ4v) is 3.95. The molecule has 0 radical (unpaired) electrons. The van der Waals surface area contributed by atoms with Crippen LogP contribution in [0.2, 0.25) is 0 Å². The normalized spacial score (nSPS) is 17.4. The molecule has 1 aromatic carbocycles. The van der Waals surface area contributed by atoms with Crippen molar-refractivity contribution in [2.75, 3.05) is 19.0 Å². The Bertz CT molecular complexity index is 449. The number of carbonyl (C=O) groups excluding carboxylic acids is 1. The molecule has 1 saturated carbocycles. The van der Waals surface area contributed by atoms with Crippen molar-refractivity contribution >= 4 is 17.5 Å². The van der Waals surface area contributed by atoms with E-state index in [1.165, 1.54) is 37.7 Å². The number of hydrogen-bond acceptors (Lipinski definition) is 3. The third-order valence-electron chi connectivity index (χ3n) is 4.44. The van der Waals surface area contributed by atoms with Crippen LogP contribution >= 0.6 is 11.8 Å². The van der Waals surface area contributed by atoms with Crippen molar-refractivity contribution in [3.05, 3.63) is 35.4 Å². The zero-order valence-electron chi connectivity index (χ0n) is 13.8. The van der Waals surface area contributed by atoms with Gasteiger partial charge < -0.3 is 4.74 Å². The Morgan fingerprint density at radius 2 is 1.91 bits per heavy atom. The lowest BCUT2D eigenvalue weighted by Gasteiger charge is -2.22. The summed E-state index contributed by atoms with van der Waals surface area (Å²) in [5.41, 5.74) is 2.25. The van der Waals surface area contributed by atoms with Crippen LogP contribution in [0.5, 0.6) is 0 Å². The zero-order chi connectivity index (χ0) is 15.8. The lowest BCUT2D eigenvalue weighted by molar-refractivity contribution is 0.0993. The van der Waals surface area contributed by atoms with Gasteiger partial charge >= 0.3 is 0 Å². The Kier molecular flexibility index (Phi) is 7.47. The third-order valence-corrected chi connectivity index (χ3v) is 5.56. The van der Waals surface area contributed by atoms with E-state index in [0.29, 0.717) is 5.92 Å².